The fourth-order valence-corrected chi connectivity index (χ4v) is 1.89. The van der Waals surface area contributed by atoms with Crippen LogP contribution in [0.4, 0.5) is 0 Å². The number of rotatable bonds is 6. The highest BCUT2D eigenvalue weighted by Crippen LogP contribution is 2.14. The number of nitrogens with one attached hydrogen (secondary N) is 2. The first-order chi connectivity index (χ1) is 8.35. The van der Waals surface area contributed by atoms with Crippen LogP contribution >= 0.6 is 0 Å². The van der Waals surface area contributed by atoms with E-state index < -0.39 is 18.0 Å². The van der Waals surface area contributed by atoms with E-state index in [0.29, 0.717) is 13.2 Å². The number of aliphatic carboxylic acids is 1. The van der Waals surface area contributed by atoms with Crippen molar-refractivity contribution in [3.8, 4) is 0 Å². The van der Waals surface area contributed by atoms with Gasteiger partial charge in [-0.25, -0.2) is 0 Å². The Kier molecular flexibility index (Phi) is 5.06. The predicted octanol–water partition coefficient (Wildman–Crippen LogP) is -1.44. The molecular weight excluding hydrogens is 240 g/mol. The molecule has 0 bridgehead atoms. The fraction of sp³-hybridized carbons (Fsp3) is 0.818. The lowest BCUT2D eigenvalue weighted by Crippen LogP contribution is -2.48. The predicted molar refractivity (Wildman–Crippen MR) is 63.0 cm³/mol. The maximum absolute atomic E-state index is 11.9. The van der Waals surface area contributed by atoms with Crippen LogP contribution in [0.15, 0.2) is 0 Å². The van der Waals surface area contributed by atoms with Crippen LogP contribution in [0.5, 0.6) is 0 Å². The zero-order valence-corrected chi connectivity index (χ0v) is 10.6. The molecule has 0 aromatic carbocycles. The third kappa shape index (κ3) is 4.25. The molecule has 1 saturated heterocycles. The van der Waals surface area contributed by atoms with Crippen molar-refractivity contribution in [3.63, 3.8) is 0 Å². The van der Waals surface area contributed by atoms with Crippen LogP contribution in [0.2, 0.25) is 0 Å². The van der Waals surface area contributed by atoms with Crippen molar-refractivity contribution in [2.24, 2.45) is 5.92 Å². The highest BCUT2D eigenvalue weighted by molar-refractivity contribution is 5.80. The number of ether oxygens (including phenoxy) is 1. The first-order valence-corrected chi connectivity index (χ1v) is 5.82. The summed E-state index contributed by atoms with van der Waals surface area (Å²) in [4.78, 5) is 22.4. The number of aliphatic hydroxyl groups is 1. The second-order valence-electron chi connectivity index (χ2n) is 4.82. The van der Waals surface area contributed by atoms with Gasteiger partial charge in [-0.1, -0.05) is 0 Å². The van der Waals surface area contributed by atoms with E-state index in [0.717, 1.165) is 0 Å². The maximum Gasteiger partial charge on any atom is 0.306 e. The first kappa shape index (κ1) is 14.9. The second kappa shape index (κ2) is 6.12. The van der Waals surface area contributed by atoms with Gasteiger partial charge < -0.3 is 25.6 Å². The topological polar surface area (TPSA) is 108 Å². The van der Waals surface area contributed by atoms with Crippen molar-refractivity contribution in [2.75, 3.05) is 26.8 Å². The number of likely N-dealkylation sites (N-methyl/N-ethyl adjacent to an activating group) is 1. The number of carboxylic acids is 1. The zero-order chi connectivity index (χ0) is 13.8. The van der Waals surface area contributed by atoms with Gasteiger partial charge in [0.05, 0.1) is 31.2 Å². The lowest BCUT2D eigenvalue weighted by Gasteiger charge is -2.23. The van der Waals surface area contributed by atoms with E-state index in [1.54, 1.807) is 7.05 Å². The van der Waals surface area contributed by atoms with Crippen molar-refractivity contribution in [2.45, 2.75) is 25.0 Å². The van der Waals surface area contributed by atoms with E-state index in [9.17, 15) is 14.7 Å². The Morgan fingerprint density at radius 2 is 2.11 bits per heavy atom. The summed E-state index contributed by atoms with van der Waals surface area (Å²) in [6.07, 6.45) is -0.413. The number of carbonyl (C=O) groups excluding carboxylic acids is 1. The van der Waals surface area contributed by atoms with Crippen molar-refractivity contribution < 1.29 is 24.5 Å². The van der Waals surface area contributed by atoms with Crippen molar-refractivity contribution in [3.05, 3.63) is 0 Å². The van der Waals surface area contributed by atoms with E-state index in [1.165, 1.54) is 6.92 Å². The third-order valence-electron chi connectivity index (χ3n) is 2.96. The van der Waals surface area contributed by atoms with Crippen LogP contribution in [0.3, 0.4) is 0 Å². The van der Waals surface area contributed by atoms with Gasteiger partial charge in [0.25, 0.3) is 0 Å². The molecule has 7 heteroatoms. The molecule has 7 nitrogen and oxygen atoms in total. The molecule has 104 valence electrons. The molecule has 0 aliphatic carbocycles. The molecule has 0 aromatic rings. The first-order valence-electron chi connectivity index (χ1n) is 5.82. The van der Waals surface area contributed by atoms with Crippen LogP contribution in [-0.2, 0) is 14.3 Å². The van der Waals surface area contributed by atoms with Gasteiger partial charge in [-0.3, -0.25) is 9.59 Å². The van der Waals surface area contributed by atoms with Crippen LogP contribution < -0.4 is 10.6 Å². The largest absolute Gasteiger partial charge is 0.481 e. The molecule has 0 aromatic heterocycles. The van der Waals surface area contributed by atoms with Gasteiger partial charge in [-0.05, 0) is 14.0 Å². The lowest BCUT2D eigenvalue weighted by atomic mass is 10.00. The van der Waals surface area contributed by atoms with Gasteiger partial charge in [-0.15, -0.1) is 0 Å². The summed E-state index contributed by atoms with van der Waals surface area (Å²) in [6, 6.07) is -0.0468. The summed E-state index contributed by atoms with van der Waals surface area (Å²) in [5.41, 5.74) is -1.45. The van der Waals surface area contributed by atoms with E-state index >= 15 is 0 Å². The number of hydrogen-bond acceptors (Lipinski definition) is 5. The monoisotopic (exact) mass is 260 g/mol. The summed E-state index contributed by atoms with van der Waals surface area (Å²) < 4.78 is 5.20. The van der Waals surface area contributed by atoms with Crippen LogP contribution in [0.1, 0.15) is 13.3 Å². The van der Waals surface area contributed by atoms with E-state index in [4.69, 9.17) is 9.84 Å². The van der Waals surface area contributed by atoms with E-state index in [2.05, 4.69) is 10.6 Å². The van der Waals surface area contributed by atoms with Gasteiger partial charge in [0.1, 0.15) is 0 Å². The number of carboxylic acid groups (broad SMARTS) is 1. The van der Waals surface area contributed by atoms with E-state index in [-0.39, 0.29) is 24.4 Å². The van der Waals surface area contributed by atoms with Gasteiger partial charge in [-0.2, -0.15) is 0 Å². The summed E-state index contributed by atoms with van der Waals surface area (Å²) in [6.45, 7) is 2.09. The average molecular weight is 260 g/mol. The Hall–Kier alpha value is -1.18. The van der Waals surface area contributed by atoms with Gasteiger partial charge in [0.2, 0.25) is 5.91 Å². The number of amides is 1. The minimum Gasteiger partial charge on any atom is -0.481 e. The molecule has 18 heavy (non-hydrogen) atoms. The maximum atomic E-state index is 11.9. The Balaban J connectivity index is 2.43. The second-order valence-corrected chi connectivity index (χ2v) is 4.82. The summed E-state index contributed by atoms with van der Waals surface area (Å²) >= 11 is 0. The summed E-state index contributed by atoms with van der Waals surface area (Å²) in [5, 5.41) is 23.9. The molecule has 1 aliphatic heterocycles. The normalized spacial score (nSPS) is 26.6. The molecule has 0 radical (unpaired) electrons. The minimum absolute atomic E-state index is 0.0468. The Labute approximate surface area is 106 Å². The molecule has 3 unspecified atom stereocenters. The number of hydrogen-bond donors (Lipinski definition) is 4. The SMILES string of the molecule is CNC1COCC1C(=O)NCC(C)(O)CC(=O)O. The van der Waals surface area contributed by atoms with Crippen LogP contribution in [-0.4, -0.2) is 60.5 Å². The van der Waals surface area contributed by atoms with Gasteiger partial charge >= 0.3 is 5.97 Å². The molecule has 4 N–H and O–H groups in total. The summed E-state index contributed by atoms with van der Waals surface area (Å²) in [5.74, 6) is -1.65. The molecule has 1 amide bonds. The van der Waals surface area contributed by atoms with Crippen LogP contribution in [0.25, 0.3) is 0 Å². The van der Waals surface area contributed by atoms with Crippen molar-refractivity contribution in [1.82, 2.24) is 10.6 Å². The Morgan fingerprint density at radius 3 is 2.67 bits per heavy atom. The Morgan fingerprint density at radius 1 is 1.44 bits per heavy atom. The zero-order valence-electron chi connectivity index (χ0n) is 10.6. The summed E-state index contributed by atoms with van der Waals surface area (Å²) in [7, 11) is 1.75. The molecule has 1 aliphatic rings. The third-order valence-corrected chi connectivity index (χ3v) is 2.96. The van der Waals surface area contributed by atoms with Crippen molar-refractivity contribution in [1.29, 1.82) is 0 Å². The molecule has 1 fully saturated rings. The van der Waals surface area contributed by atoms with Gasteiger partial charge in [0, 0.05) is 12.6 Å². The highest BCUT2D eigenvalue weighted by atomic mass is 16.5. The number of carbonyl (C=O) groups is 2. The molecule has 1 rings (SSSR count). The van der Waals surface area contributed by atoms with E-state index in [1.807, 2.05) is 0 Å². The highest BCUT2D eigenvalue weighted by Gasteiger charge is 2.34. The molecular formula is C11H20N2O5. The Bertz CT molecular complexity index is 319. The van der Waals surface area contributed by atoms with Crippen molar-refractivity contribution >= 4 is 11.9 Å². The smallest absolute Gasteiger partial charge is 0.306 e. The molecule has 3 atom stereocenters. The standard InChI is InChI=1S/C11H20N2O5/c1-11(17,3-9(14)15)6-13-10(16)7-4-18-5-8(7)12-2/h7-8,12,17H,3-6H2,1-2H3,(H,13,16)(H,14,15). The fourth-order valence-electron chi connectivity index (χ4n) is 1.89. The minimum atomic E-state index is -1.45. The molecule has 0 spiro atoms. The average Bonchev–Trinajstić information content (AvgIpc) is 2.72. The quantitative estimate of drug-likeness (QED) is 0.466. The van der Waals surface area contributed by atoms with Crippen LogP contribution in [0, 0.1) is 5.92 Å². The van der Waals surface area contributed by atoms with Gasteiger partial charge in [0.15, 0.2) is 0 Å². The molecule has 0 saturated carbocycles. The lowest BCUT2D eigenvalue weighted by molar-refractivity contribution is -0.142. The molecule has 1 heterocycles.